The molecule has 0 saturated carbocycles. The Morgan fingerprint density at radius 2 is 2.20 bits per heavy atom. The molecule has 1 N–H and O–H groups in total. The number of carbonyl (C=O) groups excluding carboxylic acids is 1. The Hall–Kier alpha value is -1.62. The summed E-state index contributed by atoms with van der Waals surface area (Å²) in [7, 11) is 2.63. The van der Waals surface area contributed by atoms with Crippen molar-refractivity contribution in [2.24, 2.45) is 4.99 Å². The third-order valence-electron chi connectivity index (χ3n) is 1.45. The van der Waals surface area contributed by atoms with Gasteiger partial charge < -0.3 is 14.6 Å². The van der Waals surface area contributed by atoms with E-state index < -0.39 is 5.97 Å². The third kappa shape index (κ3) is 4.97. The van der Waals surface area contributed by atoms with Gasteiger partial charge in [0.2, 0.25) is 0 Å². The van der Waals surface area contributed by atoms with Gasteiger partial charge in [0.1, 0.15) is 17.9 Å². The molecular formula is C10H15NO4. The second kappa shape index (κ2) is 7.75. The van der Waals surface area contributed by atoms with E-state index in [0.29, 0.717) is 6.54 Å². The van der Waals surface area contributed by atoms with E-state index in [1.165, 1.54) is 20.4 Å². The number of nitrogens with zero attached hydrogens (tertiary/aromatic N) is 1. The molecule has 0 aromatic carbocycles. The molecule has 5 nitrogen and oxygen atoms in total. The Morgan fingerprint density at radius 1 is 1.53 bits per heavy atom. The van der Waals surface area contributed by atoms with Gasteiger partial charge in [-0.25, -0.2) is 4.79 Å². The van der Waals surface area contributed by atoms with Gasteiger partial charge in [-0.2, -0.15) is 0 Å². The molecule has 0 radical (unpaired) electrons. The van der Waals surface area contributed by atoms with Crippen molar-refractivity contribution in [3.05, 3.63) is 24.0 Å². The first-order valence-electron chi connectivity index (χ1n) is 4.27. The van der Waals surface area contributed by atoms with E-state index in [-0.39, 0.29) is 17.9 Å². The van der Waals surface area contributed by atoms with Gasteiger partial charge in [-0.1, -0.05) is 6.08 Å². The molecule has 15 heavy (non-hydrogen) atoms. The molecule has 0 amide bonds. The van der Waals surface area contributed by atoms with Crippen molar-refractivity contribution in [1.29, 1.82) is 0 Å². The Kier molecular flexibility index (Phi) is 6.92. The van der Waals surface area contributed by atoms with Crippen LogP contribution in [0.5, 0.6) is 0 Å². The molecule has 0 spiro atoms. The van der Waals surface area contributed by atoms with Gasteiger partial charge in [-0.15, -0.1) is 6.58 Å². The normalized spacial score (nSPS) is 12.4. The zero-order valence-electron chi connectivity index (χ0n) is 8.90. The van der Waals surface area contributed by atoms with Crippen LogP contribution in [0, 0.1) is 0 Å². The van der Waals surface area contributed by atoms with Crippen LogP contribution in [0.4, 0.5) is 0 Å². The summed E-state index contributed by atoms with van der Waals surface area (Å²) < 4.78 is 9.17. The molecule has 0 heterocycles. The van der Waals surface area contributed by atoms with Crippen LogP contribution in [-0.4, -0.2) is 44.7 Å². The fourth-order valence-corrected chi connectivity index (χ4v) is 0.788. The highest BCUT2D eigenvalue weighted by Crippen LogP contribution is 2.02. The lowest BCUT2D eigenvalue weighted by atomic mass is 10.2. The predicted molar refractivity (Wildman–Crippen MR) is 57.1 cm³/mol. The molecule has 0 aromatic heterocycles. The van der Waals surface area contributed by atoms with Crippen LogP contribution in [0.15, 0.2) is 29.0 Å². The van der Waals surface area contributed by atoms with Gasteiger partial charge in [0, 0.05) is 13.3 Å². The summed E-state index contributed by atoms with van der Waals surface area (Å²) in [4.78, 5) is 15.1. The molecule has 0 fully saturated rings. The molecule has 0 atom stereocenters. The first kappa shape index (κ1) is 13.4. The van der Waals surface area contributed by atoms with Crippen molar-refractivity contribution in [3.63, 3.8) is 0 Å². The maximum absolute atomic E-state index is 11.2. The molecular weight excluding hydrogens is 198 g/mol. The Morgan fingerprint density at radius 3 is 2.67 bits per heavy atom. The maximum atomic E-state index is 11.2. The van der Waals surface area contributed by atoms with Gasteiger partial charge in [0.05, 0.1) is 13.7 Å². The van der Waals surface area contributed by atoms with Gasteiger partial charge in [-0.3, -0.25) is 4.99 Å². The summed E-state index contributed by atoms with van der Waals surface area (Å²) in [5, 5.41) is 9.45. The second-order valence-electron chi connectivity index (χ2n) is 2.57. The number of carbonyl (C=O) groups is 1. The lowest BCUT2D eigenvalue weighted by Crippen LogP contribution is -2.12. The molecule has 5 heteroatoms. The smallest absolute Gasteiger partial charge is 0.342 e. The first-order valence-corrected chi connectivity index (χ1v) is 4.27. The number of hydrogen-bond acceptors (Lipinski definition) is 5. The fraction of sp³-hybridized carbons (Fsp3) is 0.400. The molecule has 0 bridgehead atoms. The summed E-state index contributed by atoms with van der Waals surface area (Å²) in [6, 6.07) is 0. The van der Waals surface area contributed by atoms with Gasteiger partial charge in [0.25, 0.3) is 0 Å². The SMILES string of the molecule is C=CCN=C/C(C(=O)OC)=C(/O)COC. The van der Waals surface area contributed by atoms with E-state index >= 15 is 0 Å². The highest BCUT2D eigenvalue weighted by atomic mass is 16.5. The fourth-order valence-electron chi connectivity index (χ4n) is 0.788. The molecule has 0 unspecified atom stereocenters. The highest BCUT2D eigenvalue weighted by Gasteiger charge is 2.13. The van der Waals surface area contributed by atoms with Crippen LogP contribution in [0.2, 0.25) is 0 Å². The van der Waals surface area contributed by atoms with Crippen LogP contribution >= 0.6 is 0 Å². The van der Waals surface area contributed by atoms with E-state index in [1.807, 2.05) is 0 Å². The number of hydrogen-bond donors (Lipinski definition) is 1. The number of esters is 1. The van der Waals surface area contributed by atoms with Crippen molar-refractivity contribution in [1.82, 2.24) is 0 Å². The van der Waals surface area contributed by atoms with Crippen LogP contribution in [0.1, 0.15) is 0 Å². The summed E-state index contributed by atoms with van der Waals surface area (Å²) in [6.07, 6.45) is 2.81. The van der Waals surface area contributed by atoms with Gasteiger partial charge >= 0.3 is 5.97 Å². The average molecular weight is 213 g/mol. The molecule has 0 aliphatic heterocycles. The third-order valence-corrected chi connectivity index (χ3v) is 1.45. The zero-order chi connectivity index (χ0) is 11.7. The number of methoxy groups -OCH3 is 2. The summed E-state index contributed by atoms with van der Waals surface area (Å²) in [6.45, 7) is 3.77. The topological polar surface area (TPSA) is 68.1 Å². The summed E-state index contributed by atoms with van der Waals surface area (Å²) >= 11 is 0. The highest BCUT2D eigenvalue weighted by molar-refractivity contribution is 6.09. The largest absolute Gasteiger partial charge is 0.509 e. The molecule has 84 valence electrons. The number of rotatable bonds is 6. The zero-order valence-corrected chi connectivity index (χ0v) is 8.90. The van der Waals surface area contributed by atoms with E-state index in [9.17, 15) is 9.90 Å². The van der Waals surface area contributed by atoms with Gasteiger partial charge in [0.15, 0.2) is 0 Å². The van der Waals surface area contributed by atoms with Crippen molar-refractivity contribution in [3.8, 4) is 0 Å². The standard InChI is InChI=1S/C10H15NO4/c1-4-5-11-6-8(10(13)15-3)9(12)7-14-2/h4,6,12H,1,5,7H2,2-3H3/b9-8-,11-6?. The van der Waals surface area contributed by atoms with E-state index in [1.54, 1.807) is 6.08 Å². The van der Waals surface area contributed by atoms with E-state index in [2.05, 4.69) is 21.0 Å². The lowest BCUT2D eigenvalue weighted by Gasteiger charge is -2.03. The molecule has 0 saturated heterocycles. The number of ether oxygens (including phenoxy) is 2. The quantitative estimate of drug-likeness (QED) is 0.234. The minimum absolute atomic E-state index is 0.0128. The minimum atomic E-state index is -0.655. The Balaban J connectivity index is 4.79. The Labute approximate surface area is 88.7 Å². The first-order chi connectivity index (χ1) is 7.17. The minimum Gasteiger partial charge on any atom is -0.509 e. The Bertz CT molecular complexity index is 281. The number of aliphatic hydroxyl groups excluding tert-OH is 1. The van der Waals surface area contributed by atoms with Crippen LogP contribution in [-0.2, 0) is 14.3 Å². The monoisotopic (exact) mass is 213 g/mol. The lowest BCUT2D eigenvalue weighted by molar-refractivity contribution is -0.135. The molecule has 0 aliphatic rings. The van der Waals surface area contributed by atoms with Crippen LogP contribution in [0.3, 0.4) is 0 Å². The van der Waals surface area contributed by atoms with Crippen molar-refractivity contribution < 1.29 is 19.4 Å². The maximum Gasteiger partial charge on any atom is 0.342 e. The van der Waals surface area contributed by atoms with Crippen LogP contribution < -0.4 is 0 Å². The number of aliphatic hydroxyl groups is 1. The molecule has 0 aromatic rings. The van der Waals surface area contributed by atoms with Crippen molar-refractivity contribution in [2.75, 3.05) is 27.4 Å². The second-order valence-corrected chi connectivity index (χ2v) is 2.57. The molecule has 0 aliphatic carbocycles. The van der Waals surface area contributed by atoms with E-state index in [0.717, 1.165) is 0 Å². The van der Waals surface area contributed by atoms with Crippen LogP contribution in [0.25, 0.3) is 0 Å². The summed E-state index contributed by atoms with van der Waals surface area (Å²) in [5.74, 6) is -0.866. The molecule has 0 rings (SSSR count). The summed E-state index contributed by atoms with van der Waals surface area (Å²) in [5.41, 5.74) is -0.0128. The number of aliphatic imine (C=N–C) groups is 1. The average Bonchev–Trinajstić information content (AvgIpc) is 2.23. The van der Waals surface area contributed by atoms with Gasteiger partial charge in [-0.05, 0) is 0 Å². The van der Waals surface area contributed by atoms with E-state index in [4.69, 9.17) is 0 Å². The van der Waals surface area contributed by atoms with Crippen molar-refractivity contribution in [2.45, 2.75) is 0 Å². The predicted octanol–water partition coefficient (Wildman–Crippen LogP) is 0.875. The van der Waals surface area contributed by atoms with Crippen molar-refractivity contribution >= 4 is 12.2 Å².